The van der Waals surface area contributed by atoms with Crippen molar-refractivity contribution in [1.29, 1.82) is 0 Å². The molecule has 112 valence electrons. The van der Waals surface area contributed by atoms with Gasteiger partial charge in [-0.05, 0) is 40.0 Å². The third-order valence-corrected chi connectivity index (χ3v) is 3.30. The standard InChI is InChI=1S/C15H25N3O2/c1-15(2,3)20-14(19)18-10-9-16-13(11-18)17-12-7-5-4-6-8-12/h4-5,12H,6-11H2,1-3H3,(H,16,17). The Kier molecular flexibility index (Phi) is 4.68. The first-order valence-electron chi connectivity index (χ1n) is 7.37. The lowest BCUT2D eigenvalue weighted by atomic mass is 10.0. The molecule has 20 heavy (non-hydrogen) atoms. The van der Waals surface area contributed by atoms with Crippen molar-refractivity contribution in [2.45, 2.75) is 51.7 Å². The molecule has 0 spiro atoms. The van der Waals surface area contributed by atoms with E-state index in [1.807, 2.05) is 20.8 Å². The van der Waals surface area contributed by atoms with Gasteiger partial charge in [-0.15, -0.1) is 0 Å². The number of nitrogens with one attached hydrogen (secondary N) is 1. The summed E-state index contributed by atoms with van der Waals surface area (Å²) in [5, 5.41) is 3.45. The Bertz CT molecular complexity index is 410. The van der Waals surface area contributed by atoms with Crippen molar-refractivity contribution in [3.05, 3.63) is 12.2 Å². The third-order valence-electron chi connectivity index (χ3n) is 3.30. The number of ether oxygens (including phenoxy) is 1. The number of rotatable bonds is 1. The van der Waals surface area contributed by atoms with Gasteiger partial charge in [0, 0.05) is 12.6 Å². The summed E-state index contributed by atoms with van der Waals surface area (Å²) in [4.78, 5) is 18.3. The molecule has 0 aromatic rings. The number of carbonyl (C=O) groups is 1. The van der Waals surface area contributed by atoms with Crippen molar-refractivity contribution in [2.75, 3.05) is 19.6 Å². The summed E-state index contributed by atoms with van der Waals surface area (Å²) in [6, 6.07) is 0.442. The number of aliphatic imine (C=N–C) groups is 1. The van der Waals surface area contributed by atoms with Gasteiger partial charge in [-0.3, -0.25) is 9.89 Å². The number of nitrogens with zero attached hydrogens (tertiary/aromatic N) is 2. The smallest absolute Gasteiger partial charge is 0.410 e. The van der Waals surface area contributed by atoms with Crippen LogP contribution in [0.2, 0.25) is 0 Å². The summed E-state index contributed by atoms with van der Waals surface area (Å²) in [6.45, 7) is 7.45. The highest BCUT2D eigenvalue weighted by atomic mass is 16.6. The summed E-state index contributed by atoms with van der Waals surface area (Å²) in [5.74, 6) is 0.905. The molecule has 0 saturated heterocycles. The molecule has 1 amide bonds. The lowest BCUT2D eigenvalue weighted by molar-refractivity contribution is 0.0276. The second kappa shape index (κ2) is 6.29. The molecule has 1 aliphatic heterocycles. The maximum atomic E-state index is 12.1. The highest BCUT2D eigenvalue weighted by molar-refractivity contribution is 5.88. The maximum Gasteiger partial charge on any atom is 0.410 e. The Morgan fingerprint density at radius 2 is 2.25 bits per heavy atom. The first kappa shape index (κ1) is 14.9. The molecule has 5 heteroatoms. The number of amides is 1. The van der Waals surface area contributed by atoms with Gasteiger partial charge in [0.2, 0.25) is 0 Å². The van der Waals surface area contributed by atoms with Crippen molar-refractivity contribution < 1.29 is 9.53 Å². The van der Waals surface area contributed by atoms with Gasteiger partial charge < -0.3 is 10.1 Å². The molecule has 1 N–H and O–H groups in total. The van der Waals surface area contributed by atoms with Crippen LogP contribution in [-0.2, 0) is 4.74 Å². The predicted octanol–water partition coefficient (Wildman–Crippen LogP) is 2.33. The van der Waals surface area contributed by atoms with E-state index in [1.54, 1.807) is 4.90 Å². The Labute approximate surface area is 121 Å². The molecular weight excluding hydrogens is 254 g/mol. The van der Waals surface area contributed by atoms with Crippen molar-refractivity contribution in [1.82, 2.24) is 10.2 Å². The van der Waals surface area contributed by atoms with Crippen LogP contribution in [0, 0.1) is 0 Å². The van der Waals surface area contributed by atoms with E-state index in [1.165, 1.54) is 0 Å². The van der Waals surface area contributed by atoms with Gasteiger partial charge in [0.25, 0.3) is 0 Å². The van der Waals surface area contributed by atoms with Crippen LogP contribution in [0.5, 0.6) is 0 Å². The quantitative estimate of drug-likeness (QED) is 0.750. The molecule has 2 aliphatic rings. The van der Waals surface area contributed by atoms with E-state index in [9.17, 15) is 4.79 Å². The average molecular weight is 279 g/mol. The van der Waals surface area contributed by atoms with Crippen molar-refractivity contribution in [2.24, 2.45) is 4.99 Å². The topological polar surface area (TPSA) is 53.9 Å². The number of hydrogen-bond acceptors (Lipinski definition) is 4. The van der Waals surface area contributed by atoms with Gasteiger partial charge in [0.1, 0.15) is 11.4 Å². The number of amidine groups is 1. The Morgan fingerprint density at radius 1 is 1.45 bits per heavy atom. The zero-order chi connectivity index (χ0) is 14.6. The molecule has 0 aromatic carbocycles. The molecule has 5 nitrogen and oxygen atoms in total. The van der Waals surface area contributed by atoms with Crippen LogP contribution in [0.25, 0.3) is 0 Å². The fraction of sp³-hybridized carbons (Fsp3) is 0.733. The summed E-state index contributed by atoms with van der Waals surface area (Å²) >= 11 is 0. The average Bonchev–Trinajstić information content (AvgIpc) is 2.38. The summed E-state index contributed by atoms with van der Waals surface area (Å²) in [7, 11) is 0. The van der Waals surface area contributed by atoms with Crippen molar-refractivity contribution in [3.63, 3.8) is 0 Å². The fourth-order valence-electron chi connectivity index (χ4n) is 2.35. The molecule has 1 heterocycles. The van der Waals surface area contributed by atoms with Gasteiger partial charge >= 0.3 is 6.09 Å². The highest BCUT2D eigenvalue weighted by Gasteiger charge is 2.25. The van der Waals surface area contributed by atoms with Crippen LogP contribution in [0.4, 0.5) is 4.79 Å². The van der Waals surface area contributed by atoms with Gasteiger partial charge in [-0.25, -0.2) is 4.79 Å². The molecular formula is C15H25N3O2. The monoisotopic (exact) mass is 279 g/mol. The fourth-order valence-corrected chi connectivity index (χ4v) is 2.35. The molecule has 0 aromatic heterocycles. The Balaban J connectivity index is 1.86. The van der Waals surface area contributed by atoms with E-state index in [0.29, 0.717) is 25.7 Å². The van der Waals surface area contributed by atoms with Gasteiger partial charge in [0.05, 0.1) is 13.1 Å². The zero-order valence-corrected chi connectivity index (χ0v) is 12.7. The van der Waals surface area contributed by atoms with Crippen LogP contribution < -0.4 is 5.32 Å². The maximum absolute atomic E-state index is 12.1. The lowest BCUT2D eigenvalue weighted by Crippen LogP contribution is -2.49. The van der Waals surface area contributed by atoms with Crippen molar-refractivity contribution in [3.8, 4) is 0 Å². The van der Waals surface area contributed by atoms with E-state index in [2.05, 4.69) is 22.5 Å². The SMILES string of the molecule is CC(C)(C)OC(=O)N1CCN=C(NC2CC=CCC2)C1. The normalized spacial score (nSPS) is 23.2. The first-order valence-corrected chi connectivity index (χ1v) is 7.37. The van der Waals surface area contributed by atoms with Crippen LogP contribution in [0.3, 0.4) is 0 Å². The van der Waals surface area contributed by atoms with E-state index in [4.69, 9.17) is 4.74 Å². The number of allylic oxidation sites excluding steroid dienone is 1. The molecule has 1 unspecified atom stereocenters. The second-order valence-electron chi connectivity index (χ2n) is 6.36. The minimum atomic E-state index is -0.451. The molecule has 0 fully saturated rings. The van der Waals surface area contributed by atoms with Crippen LogP contribution in [-0.4, -0.2) is 48.1 Å². The number of carbonyl (C=O) groups excluding carboxylic acids is 1. The minimum Gasteiger partial charge on any atom is -0.444 e. The van der Waals surface area contributed by atoms with Gasteiger partial charge in [-0.1, -0.05) is 12.2 Å². The third kappa shape index (κ3) is 4.54. The van der Waals surface area contributed by atoms with E-state index < -0.39 is 5.60 Å². The van der Waals surface area contributed by atoms with E-state index in [0.717, 1.165) is 25.1 Å². The summed E-state index contributed by atoms with van der Waals surface area (Å²) < 4.78 is 5.41. The molecule has 0 saturated carbocycles. The highest BCUT2D eigenvalue weighted by Crippen LogP contribution is 2.13. The first-order chi connectivity index (χ1) is 9.44. The van der Waals surface area contributed by atoms with Crippen molar-refractivity contribution >= 4 is 11.9 Å². The number of hydrogen-bond donors (Lipinski definition) is 1. The largest absolute Gasteiger partial charge is 0.444 e. The lowest BCUT2D eigenvalue weighted by Gasteiger charge is -2.31. The molecule has 2 rings (SSSR count). The van der Waals surface area contributed by atoms with Gasteiger partial charge in [-0.2, -0.15) is 0 Å². The van der Waals surface area contributed by atoms with E-state index >= 15 is 0 Å². The minimum absolute atomic E-state index is 0.254. The van der Waals surface area contributed by atoms with Crippen LogP contribution >= 0.6 is 0 Å². The molecule has 1 atom stereocenters. The van der Waals surface area contributed by atoms with E-state index in [-0.39, 0.29) is 6.09 Å². The summed E-state index contributed by atoms with van der Waals surface area (Å²) in [6.07, 6.45) is 7.44. The molecule has 0 bridgehead atoms. The van der Waals surface area contributed by atoms with Crippen LogP contribution in [0.1, 0.15) is 40.0 Å². The van der Waals surface area contributed by atoms with Gasteiger partial charge in [0.15, 0.2) is 0 Å². The Hall–Kier alpha value is -1.52. The molecule has 1 aliphatic carbocycles. The van der Waals surface area contributed by atoms with Crippen LogP contribution in [0.15, 0.2) is 17.1 Å². The zero-order valence-electron chi connectivity index (χ0n) is 12.7. The Morgan fingerprint density at radius 3 is 2.90 bits per heavy atom. The predicted molar refractivity (Wildman–Crippen MR) is 80.0 cm³/mol. The summed E-state index contributed by atoms with van der Waals surface area (Å²) in [5.41, 5.74) is -0.451. The second-order valence-corrected chi connectivity index (χ2v) is 6.36. The molecule has 0 radical (unpaired) electrons.